The lowest BCUT2D eigenvalue weighted by Crippen LogP contribution is -2.44. The van der Waals surface area contributed by atoms with E-state index in [0.717, 1.165) is 24.1 Å². The molecule has 1 N–H and O–H groups in total. The predicted octanol–water partition coefficient (Wildman–Crippen LogP) is 3.25. The summed E-state index contributed by atoms with van der Waals surface area (Å²) >= 11 is 0. The normalized spacial score (nSPS) is 16.1. The highest BCUT2D eigenvalue weighted by Gasteiger charge is 2.28. The molecule has 1 unspecified atom stereocenters. The van der Waals surface area contributed by atoms with Crippen LogP contribution in [0.15, 0.2) is 48.5 Å². The third kappa shape index (κ3) is 3.50. The summed E-state index contributed by atoms with van der Waals surface area (Å²) < 4.78 is 5.28. The van der Waals surface area contributed by atoms with Gasteiger partial charge >= 0.3 is 5.97 Å². The number of hydrogen-bond acceptors (Lipinski definition) is 4. The molecule has 2 aromatic rings. The van der Waals surface area contributed by atoms with Gasteiger partial charge in [-0.2, -0.15) is 0 Å². The molecule has 0 saturated heterocycles. The highest BCUT2D eigenvalue weighted by Crippen LogP contribution is 2.30. The minimum Gasteiger partial charge on any atom is -0.452 e. The molecule has 1 atom stereocenters. The Morgan fingerprint density at radius 3 is 2.68 bits per heavy atom. The van der Waals surface area contributed by atoms with E-state index in [-0.39, 0.29) is 18.6 Å². The zero-order valence-corrected chi connectivity index (χ0v) is 14.5. The number of rotatable bonds is 4. The van der Waals surface area contributed by atoms with Gasteiger partial charge in [-0.05, 0) is 43.5 Å². The average Bonchev–Trinajstić information content (AvgIpc) is 2.65. The van der Waals surface area contributed by atoms with Crippen molar-refractivity contribution < 1.29 is 14.3 Å². The van der Waals surface area contributed by atoms with Crippen LogP contribution in [-0.4, -0.2) is 31.6 Å². The molecule has 5 heteroatoms. The van der Waals surface area contributed by atoms with Crippen LogP contribution < -0.4 is 10.2 Å². The van der Waals surface area contributed by atoms with Crippen LogP contribution in [0.1, 0.15) is 29.3 Å². The monoisotopic (exact) mass is 338 g/mol. The number of benzene rings is 2. The van der Waals surface area contributed by atoms with E-state index in [4.69, 9.17) is 4.74 Å². The first-order valence-corrected chi connectivity index (χ1v) is 8.45. The summed E-state index contributed by atoms with van der Waals surface area (Å²) in [5.74, 6) is -0.703. The molecular formula is C20H22N2O3. The Bertz CT molecular complexity index is 788. The maximum absolute atomic E-state index is 12.7. The summed E-state index contributed by atoms with van der Waals surface area (Å²) in [6, 6.07) is 15.0. The lowest BCUT2D eigenvalue weighted by Gasteiger charge is -2.35. The fraction of sp³-hybridized carbons (Fsp3) is 0.300. The first-order chi connectivity index (χ1) is 12.1. The summed E-state index contributed by atoms with van der Waals surface area (Å²) in [6.07, 6.45) is 1.86. The van der Waals surface area contributed by atoms with Crippen LogP contribution in [-0.2, 0) is 16.0 Å². The third-order valence-corrected chi connectivity index (χ3v) is 4.54. The van der Waals surface area contributed by atoms with Gasteiger partial charge in [0.2, 0.25) is 0 Å². The number of carbonyl (C=O) groups is 2. The lowest BCUT2D eigenvalue weighted by molar-refractivity contribution is -0.122. The second-order valence-corrected chi connectivity index (χ2v) is 6.15. The first kappa shape index (κ1) is 17.0. The van der Waals surface area contributed by atoms with Gasteiger partial charge in [0.05, 0.1) is 5.56 Å². The topological polar surface area (TPSA) is 58.6 Å². The van der Waals surface area contributed by atoms with Crippen LogP contribution in [0.4, 0.5) is 11.4 Å². The molecular weight excluding hydrogens is 316 g/mol. The summed E-state index contributed by atoms with van der Waals surface area (Å²) in [7, 11) is 1.74. The molecule has 1 aliphatic heterocycles. The van der Waals surface area contributed by atoms with Crippen molar-refractivity contribution in [1.82, 2.24) is 0 Å². The summed E-state index contributed by atoms with van der Waals surface area (Å²) in [4.78, 5) is 26.7. The van der Waals surface area contributed by atoms with Crippen molar-refractivity contribution in [3.05, 3.63) is 59.7 Å². The van der Waals surface area contributed by atoms with E-state index in [1.165, 1.54) is 0 Å². The second-order valence-electron chi connectivity index (χ2n) is 6.15. The molecule has 1 amide bonds. The molecule has 1 aliphatic rings. The smallest absolute Gasteiger partial charge is 0.340 e. The molecule has 0 saturated carbocycles. The van der Waals surface area contributed by atoms with Crippen LogP contribution in [0.5, 0.6) is 0 Å². The number of carbonyl (C=O) groups excluding carboxylic acids is 2. The number of anilines is 2. The zero-order chi connectivity index (χ0) is 17.8. The number of para-hydroxylation sites is 2. The molecule has 130 valence electrons. The van der Waals surface area contributed by atoms with Crippen molar-refractivity contribution in [3.63, 3.8) is 0 Å². The molecule has 0 bridgehead atoms. The van der Waals surface area contributed by atoms with Gasteiger partial charge in [-0.1, -0.05) is 30.3 Å². The number of ether oxygens (including phenoxy) is 1. The van der Waals surface area contributed by atoms with Gasteiger partial charge in [-0.3, -0.25) is 4.79 Å². The highest BCUT2D eigenvalue weighted by atomic mass is 16.5. The van der Waals surface area contributed by atoms with Gasteiger partial charge in [-0.25, -0.2) is 4.79 Å². The fourth-order valence-corrected chi connectivity index (χ4v) is 3.22. The zero-order valence-electron chi connectivity index (χ0n) is 14.5. The van der Waals surface area contributed by atoms with Crippen LogP contribution in [0, 0.1) is 0 Å². The summed E-state index contributed by atoms with van der Waals surface area (Å²) in [5.41, 5.74) is 3.17. The molecule has 3 rings (SSSR count). The molecule has 0 aliphatic carbocycles. The van der Waals surface area contributed by atoms with Gasteiger partial charge in [0, 0.05) is 24.5 Å². The summed E-state index contributed by atoms with van der Waals surface area (Å²) in [6.45, 7) is 1.75. The van der Waals surface area contributed by atoms with E-state index >= 15 is 0 Å². The maximum atomic E-state index is 12.7. The number of fused-ring (bicyclic) bond motifs is 1. The number of esters is 1. The Labute approximate surface area is 147 Å². The van der Waals surface area contributed by atoms with Crippen molar-refractivity contribution in [2.75, 3.05) is 23.9 Å². The molecule has 0 aromatic heterocycles. The van der Waals surface area contributed by atoms with Gasteiger partial charge in [0.15, 0.2) is 6.61 Å². The minimum absolute atomic E-state index is 0.0886. The van der Waals surface area contributed by atoms with Crippen molar-refractivity contribution in [3.8, 4) is 0 Å². The van der Waals surface area contributed by atoms with Gasteiger partial charge in [0.1, 0.15) is 0 Å². The lowest BCUT2D eigenvalue weighted by atomic mass is 9.96. The number of nitrogens with one attached hydrogen (secondary N) is 1. The molecule has 0 fully saturated rings. The Morgan fingerprint density at radius 2 is 1.88 bits per heavy atom. The molecule has 5 nitrogen and oxygen atoms in total. The van der Waals surface area contributed by atoms with E-state index < -0.39 is 5.97 Å². The van der Waals surface area contributed by atoms with Crippen LogP contribution in [0.2, 0.25) is 0 Å². The van der Waals surface area contributed by atoms with Crippen molar-refractivity contribution in [2.45, 2.75) is 25.8 Å². The number of amides is 1. The van der Waals surface area contributed by atoms with E-state index in [1.54, 1.807) is 30.1 Å². The number of hydrogen-bond donors (Lipinski definition) is 1. The van der Waals surface area contributed by atoms with Crippen LogP contribution in [0.25, 0.3) is 0 Å². The molecule has 0 radical (unpaired) electrons. The quantitative estimate of drug-likeness (QED) is 0.870. The highest BCUT2D eigenvalue weighted by molar-refractivity contribution is 6.00. The first-order valence-electron chi connectivity index (χ1n) is 8.45. The van der Waals surface area contributed by atoms with Gasteiger partial charge in [-0.15, -0.1) is 0 Å². The van der Waals surface area contributed by atoms with Gasteiger partial charge < -0.3 is 15.0 Å². The molecule has 1 heterocycles. The maximum Gasteiger partial charge on any atom is 0.340 e. The number of nitrogens with zero attached hydrogens (tertiary/aromatic N) is 1. The summed E-state index contributed by atoms with van der Waals surface area (Å²) in [5, 5.41) is 2.95. The third-order valence-electron chi connectivity index (χ3n) is 4.54. The molecule has 0 spiro atoms. The van der Waals surface area contributed by atoms with E-state index in [9.17, 15) is 9.59 Å². The largest absolute Gasteiger partial charge is 0.452 e. The second kappa shape index (κ2) is 7.38. The van der Waals surface area contributed by atoms with Crippen LogP contribution >= 0.6 is 0 Å². The Kier molecular flexibility index (Phi) is 5.03. The molecule has 25 heavy (non-hydrogen) atoms. The van der Waals surface area contributed by atoms with Crippen molar-refractivity contribution in [2.24, 2.45) is 0 Å². The number of aryl methyl sites for hydroxylation is 1. The van der Waals surface area contributed by atoms with Crippen LogP contribution in [0.3, 0.4) is 0 Å². The SMILES string of the molecule is CNc1ccccc1C(=O)OCC(=O)N1c2ccccc2CCC1C. The van der Waals surface area contributed by atoms with E-state index in [2.05, 4.69) is 5.32 Å². The Hall–Kier alpha value is -2.82. The van der Waals surface area contributed by atoms with Crippen molar-refractivity contribution in [1.29, 1.82) is 0 Å². The fourth-order valence-electron chi connectivity index (χ4n) is 3.22. The standard InChI is InChI=1S/C20H22N2O3/c1-14-11-12-15-7-3-6-10-18(15)22(14)19(23)13-25-20(24)16-8-4-5-9-17(16)21-2/h3-10,14,21H,11-13H2,1-2H3. The Balaban J connectivity index is 1.72. The predicted molar refractivity (Wildman–Crippen MR) is 98.0 cm³/mol. The average molecular weight is 338 g/mol. The minimum atomic E-state index is -0.503. The van der Waals surface area contributed by atoms with E-state index in [1.807, 2.05) is 37.3 Å². The van der Waals surface area contributed by atoms with Gasteiger partial charge in [0.25, 0.3) is 5.91 Å². The Morgan fingerprint density at radius 1 is 1.16 bits per heavy atom. The van der Waals surface area contributed by atoms with Crippen molar-refractivity contribution >= 4 is 23.3 Å². The van der Waals surface area contributed by atoms with E-state index in [0.29, 0.717) is 11.3 Å². The molecule has 2 aromatic carbocycles.